The molecule has 0 radical (unpaired) electrons. The number of allylic oxidation sites excluding steroid dienone is 2. The molecule has 3 aliphatic rings. The molecule has 0 amide bonds. The van der Waals surface area contributed by atoms with Crippen molar-refractivity contribution in [3.63, 3.8) is 0 Å². The maximum Gasteiger partial charge on any atom is 0.147 e. The Morgan fingerprint density at radius 1 is 1.14 bits per heavy atom. The number of rotatable bonds is 1. The quantitative estimate of drug-likeness (QED) is 0.605. The number of hydrogen-bond donors (Lipinski definition) is 0. The summed E-state index contributed by atoms with van der Waals surface area (Å²) in [5, 5.41) is 0. The molecule has 0 aliphatic heterocycles. The molecule has 0 spiro atoms. The Morgan fingerprint density at radius 3 is 2.59 bits per heavy atom. The molecule has 2 heteroatoms. The van der Waals surface area contributed by atoms with Gasteiger partial charge in [-0.1, -0.05) is 73.0 Å². The average molecular weight is 359 g/mol. The zero-order valence-corrected chi connectivity index (χ0v) is 15.1. The van der Waals surface area contributed by atoms with Crippen LogP contribution in [-0.4, -0.2) is 5.78 Å². The number of ketones is 1. The summed E-state index contributed by atoms with van der Waals surface area (Å²) in [6, 6.07) is 8.26. The first-order chi connectivity index (χ1) is 10.4. The Morgan fingerprint density at radius 2 is 1.86 bits per heavy atom. The summed E-state index contributed by atoms with van der Waals surface area (Å²) >= 11 is 3.65. The van der Waals surface area contributed by atoms with Crippen molar-refractivity contribution in [2.45, 2.75) is 46.0 Å². The first-order valence-corrected chi connectivity index (χ1v) is 9.16. The minimum atomic E-state index is 0.0771. The van der Waals surface area contributed by atoms with Crippen LogP contribution >= 0.6 is 15.9 Å². The summed E-state index contributed by atoms with van der Waals surface area (Å²) in [7, 11) is 0. The van der Waals surface area contributed by atoms with Gasteiger partial charge in [0.15, 0.2) is 0 Å². The molecular weight excluding hydrogens is 336 g/mol. The lowest BCUT2D eigenvalue weighted by molar-refractivity contribution is -0.138. The number of carbonyl (C=O) groups is 1. The highest BCUT2D eigenvalue weighted by molar-refractivity contribution is 9.10. The molecule has 0 aromatic heterocycles. The second kappa shape index (κ2) is 4.56. The number of carbonyl (C=O) groups excluding carboxylic acids is 1. The maximum absolute atomic E-state index is 12.8. The molecule has 22 heavy (non-hydrogen) atoms. The van der Waals surface area contributed by atoms with Crippen molar-refractivity contribution in [2.75, 3.05) is 0 Å². The van der Waals surface area contributed by atoms with Crippen molar-refractivity contribution in [1.82, 2.24) is 0 Å². The van der Waals surface area contributed by atoms with Gasteiger partial charge in [0.05, 0.1) is 0 Å². The van der Waals surface area contributed by atoms with Gasteiger partial charge < -0.3 is 0 Å². The summed E-state index contributed by atoms with van der Waals surface area (Å²) < 4.78 is 1.08. The molecule has 2 saturated carbocycles. The van der Waals surface area contributed by atoms with Crippen LogP contribution < -0.4 is 0 Å². The molecule has 0 bridgehead atoms. The van der Waals surface area contributed by atoms with Gasteiger partial charge in [-0.3, -0.25) is 4.79 Å². The Bertz CT molecular complexity index is 687. The van der Waals surface area contributed by atoms with Gasteiger partial charge >= 0.3 is 0 Å². The highest BCUT2D eigenvalue weighted by Crippen LogP contribution is 2.68. The van der Waals surface area contributed by atoms with E-state index in [1.807, 2.05) is 6.07 Å². The fourth-order valence-corrected chi connectivity index (χ4v) is 6.09. The van der Waals surface area contributed by atoms with Gasteiger partial charge in [-0.25, -0.2) is 0 Å². The first kappa shape index (κ1) is 14.7. The zero-order chi connectivity index (χ0) is 15.7. The summed E-state index contributed by atoms with van der Waals surface area (Å²) in [4.78, 5) is 12.8. The third kappa shape index (κ3) is 1.73. The molecule has 116 valence electrons. The highest BCUT2D eigenvalue weighted by Gasteiger charge is 2.64. The van der Waals surface area contributed by atoms with Crippen LogP contribution in [0, 0.1) is 22.7 Å². The molecular formula is C20H23BrO. The van der Waals surface area contributed by atoms with Crippen molar-refractivity contribution in [1.29, 1.82) is 0 Å². The summed E-state index contributed by atoms with van der Waals surface area (Å²) in [6.07, 6.45) is 6.11. The predicted molar refractivity (Wildman–Crippen MR) is 92.7 cm³/mol. The third-order valence-corrected chi connectivity index (χ3v) is 7.27. The number of benzene rings is 1. The fourth-order valence-electron chi connectivity index (χ4n) is 5.56. The Labute approximate surface area is 141 Å². The largest absolute Gasteiger partial charge is 0.298 e. The smallest absolute Gasteiger partial charge is 0.147 e. The van der Waals surface area contributed by atoms with E-state index in [1.54, 1.807) is 5.57 Å². The normalized spacial score (nSPS) is 38.8. The average Bonchev–Trinajstić information content (AvgIpc) is 2.72. The van der Waals surface area contributed by atoms with Crippen molar-refractivity contribution >= 4 is 21.7 Å². The Kier molecular flexibility index (Phi) is 3.05. The minimum Gasteiger partial charge on any atom is -0.298 e. The van der Waals surface area contributed by atoms with Crippen molar-refractivity contribution in [2.24, 2.45) is 22.7 Å². The van der Waals surface area contributed by atoms with Crippen molar-refractivity contribution < 1.29 is 4.79 Å². The van der Waals surface area contributed by atoms with Gasteiger partial charge in [0, 0.05) is 16.3 Å². The van der Waals surface area contributed by atoms with E-state index in [2.05, 4.69) is 61.0 Å². The minimum absolute atomic E-state index is 0.0771. The number of Topliss-reactive ketones (excluding diaryl/α,β-unsaturated/α-hetero) is 1. The number of fused-ring (bicyclic) bond motifs is 3. The second-order valence-corrected chi connectivity index (χ2v) is 9.04. The van der Waals surface area contributed by atoms with Crippen molar-refractivity contribution in [3.8, 4) is 0 Å². The van der Waals surface area contributed by atoms with Gasteiger partial charge in [0.1, 0.15) is 5.78 Å². The van der Waals surface area contributed by atoms with Crippen LogP contribution in [-0.2, 0) is 4.79 Å². The van der Waals surface area contributed by atoms with Crippen LogP contribution in [0.15, 0.2) is 40.4 Å². The summed E-state index contributed by atoms with van der Waals surface area (Å²) in [5.41, 5.74) is 3.21. The Hall–Kier alpha value is -0.890. The lowest BCUT2D eigenvalue weighted by Gasteiger charge is -2.52. The van der Waals surface area contributed by atoms with Gasteiger partial charge in [0.2, 0.25) is 0 Å². The molecule has 0 saturated heterocycles. The van der Waals surface area contributed by atoms with E-state index >= 15 is 0 Å². The third-order valence-electron chi connectivity index (χ3n) is 6.55. The van der Waals surface area contributed by atoms with E-state index < -0.39 is 0 Å². The molecule has 1 aromatic rings. The van der Waals surface area contributed by atoms with Crippen LogP contribution in [0.25, 0.3) is 0 Å². The second-order valence-electron chi connectivity index (χ2n) is 8.19. The molecule has 4 atom stereocenters. The number of hydrogen-bond acceptors (Lipinski definition) is 1. The molecule has 0 N–H and O–H groups in total. The molecule has 1 aromatic carbocycles. The van der Waals surface area contributed by atoms with E-state index in [4.69, 9.17) is 0 Å². The maximum atomic E-state index is 12.8. The SMILES string of the molecule is CC1(C)CCC[C@@]2(C)C1=C[C@H]1C(=O)[C@H](c3ccccc3Br)[C@H]12. The van der Waals surface area contributed by atoms with Crippen LogP contribution in [0.1, 0.15) is 51.5 Å². The molecule has 1 nitrogen and oxygen atoms in total. The van der Waals surface area contributed by atoms with E-state index in [0.29, 0.717) is 11.7 Å². The fraction of sp³-hybridized carbons (Fsp3) is 0.550. The van der Waals surface area contributed by atoms with E-state index in [0.717, 1.165) is 4.47 Å². The summed E-state index contributed by atoms with van der Waals surface area (Å²) in [6.45, 7) is 7.14. The first-order valence-electron chi connectivity index (χ1n) is 8.37. The van der Waals surface area contributed by atoms with Gasteiger partial charge in [-0.05, 0) is 41.2 Å². The topological polar surface area (TPSA) is 17.1 Å². The van der Waals surface area contributed by atoms with E-state index in [9.17, 15) is 4.79 Å². The van der Waals surface area contributed by atoms with Crippen LogP contribution in [0.2, 0.25) is 0 Å². The molecule has 2 fully saturated rings. The van der Waals surface area contributed by atoms with Crippen LogP contribution in [0.3, 0.4) is 0 Å². The van der Waals surface area contributed by atoms with Gasteiger partial charge in [-0.2, -0.15) is 0 Å². The highest BCUT2D eigenvalue weighted by atomic mass is 79.9. The van der Waals surface area contributed by atoms with Crippen LogP contribution in [0.5, 0.6) is 0 Å². The van der Waals surface area contributed by atoms with Crippen molar-refractivity contribution in [3.05, 3.63) is 46.0 Å². The molecule has 0 heterocycles. The van der Waals surface area contributed by atoms with Crippen LogP contribution in [0.4, 0.5) is 0 Å². The van der Waals surface area contributed by atoms with E-state index in [1.165, 1.54) is 24.8 Å². The molecule has 4 rings (SSSR count). The van der Waals surface area contributed by atoms with Gasteiger partial charge in [0.25, 0.3) is 0 Å². The monoisotopic (exact) mass is 358 g/mol. The lowest BCUT2D eigenvalue weighted by atomic mass is 9.50. The molecule has 3 aliphatic carbocycles. The van der Waals surface area contributed by atoms with Gasteiger partial charge in [-0.15, -0.1) is 0 Å². The standard InChI is InChI=1S/C20H23BrO/c1-19(2)9-6-10-20(3)15(19)11-13-17(20)16(18(13)22)12-7-4-5-8-14(12)21/h4-5,7-8,11,13,16-17H,6,9-10H2,1-3H3/t13-,16-,17+,20+/m1/s1. The predicted octanol–water partition coefficient (Wildman–Crippen LogP) is 5.50. The van der Waals surface area contributed by atoms with E-state index in [-0.39, 0.29) is 22.7 Å². The summed E-state index contributed by atoms with van der Waals surface area (Å²) in [5.74, 6) is 1.13. The number of halogens is 1. The lowest BCUT2D eigenvalue weighted by Crippen LogP contribution is -2.51. The zero-order valence-electron chi connectivity index (χ0n) is 13.5. The molecule has 0 unspecified atom stereocenters. The Balaban J connectivity index is 1.78.